The molecule has 0 spiro atoms. The molecule has 6 nitrogen and oxygen atoms in total. The maximum atomic E-state index is 14.6. The van der Waals surface area contributed by atoms with Crippen molar-refractivity contribution in [1.82, 2.24) is 10.5 Å². The number of ether oxygens (including phenoxy) is 1. The van der Waals surface area contributed by atoms with Gasteiger partial charge in [0.1, 0.15) is 0 Å². The molecule has 0 radical (unpaired) electrons. The second kappa shape index (κ2) is 9.05. The first kappa shape index (κ1) is 20.3. The number of hydrogen-bond donors (Lipinski definition) is 2. The topological polar surface area (TPSA) is 86.5 Å². The van der Waals surface area contributed by atoms with E-state index in [4.69, 9.17) is 50.1 Å². The first-order valence-electron chi connectivity index (χ1n) is 7.06. The number of benzene rings is 1. The van der Waals surface area contributed by atoms with Crippen molar-refractivity contribution in [2.24, 2.45) is 0 Å². The summed E-state index contributed by atoms with van der Waals surface area (Å²) in [5.74, 6) is -1.65. The lowest BCUT2D eigenvalue weighted by Gasteiger charge is -2.12. The third-order valence-electron chi connectivity index (χ3n) is 3.16. The van der Waals surface area contributed by atoms with Crippen LogP contribution in [0.5, 0.6) is 5.75 Å². The Morgan fingerprint density at radius 2 is 2.15 bits per heavy atom. The van der Waals surface area contributed by atoms with Gasteiger partial charge in [0.25, 0.3) is 5.91 Å². The Hall–Kier alpha value is -2.06. The van der Waals surface area contributed by atoms with Gasteiger partial charge in [0.15, 0.2) is 17.3 Å². The average molecular weight is 421 g/mol. The van der Waals surface area contributed by atoms with Gasteiger partial charge in [0.2, 0.25) is 0 Å². The van der Waals surface area contributed by atoms with Crippen LogP contribution in [-0.2, 0) is 4.84 Å². The predicted octanol–water partition coefficient (Wildman–Crippen LogP) is 4.20. The summed E-state index contributed by atoms with van der Waals surface area (Å²) in [6.45, 7) is 0.0328. The third-order valence-corrected chi connectivity index (χ3v) is 4.04. The monoisotopic (exact) mass is 419 g/mol. The number of hydroxylamine groups is 1. The largest absolute Gasteiger partial charge is 0.492 e. The lowest BCUT2D eigenvalue weighted by molar-refractivity contribution is 0.0417. The maximum absolute atomic E-state index is 14.6. The molecule has 1 heterocycles. The number of nitrogens with one attached hydrogen (secondary N) is 1. The van der Waals surface area contributed by atoms with Crippen molar-refractivity contribution in [3.8, 4) is 17.0 Å². The van der Waals surface area contributed by atoms with Crippen LogP contribution < -0.4 is 16.0 Å². The van der Waals surface area contributed by atoms with Gasteiger partial charge < -0.3 is 10.5 Å². The van der Waals surface area contributed by atoms with Crippen molar-refractivity contribution in [3.63, 3.8) is 0 Å². The minimum Gasteiger partial charge on any atom is -0.492 e. The van der Waals surface area contributed by atoms with E-state index in [9.17, 15) is 9.18 Å². The smallest absolute Gasteiger partial charge is 0.295 e. The number of pyridine rings is 1. The molecule has 0 aliphatic heterocycles. The number of anilines is 1. The standard InChI is InChI=1S/C16H13Cl3FN3O3/c1-25-15-9(18)4-3-8(13(15)20)11-7-10(21)12(19)14(22-11)16(24)23-26-6-2-5-17/h2-5,7H,6H2,1H3,(H2,21,22)(H,23,24)/b5-2+. The number of aromatic nitrogens is 1. The van der Waals surface area contributed by atoms with Gasteiger partial charge in [-0.25, -0.2) is 14.9 Å². The Morgan fingerprint density at radius 3 is 2.81 bits per heavy atom. The van der Waals surface area contributed by atoms with E-state index in [0.717, 1.165) is 0 Å². The Bertz CT molecular complexity index is 862. The second-order valence-electron chi connectivity index (χ2n) is 4.81. The highest BCUT2D eigenvalue weighted by Gasteiger charge is 2.21. The zero-order chi connectivity index (χ0) is 19.3. The number of nitrogens with zero attached hydrogens (tertiary/aromatic N) is 1. The minimum absolute atomic E-state index is 0.0328. The van der Waals surface area contributed by atoms with Gasteiger partial charge in [-0.1, -0.05) is 34.8 Å². The summed E-state index contributed by atoms with van der Waals surface area (Å²) in [5, 5.41) is -0.00142. The predicted molar refractivity (Wildman–Crippen MR) is 99.0 cm³/mol. The fraction of sp³-hybridized carbons (Fsp3) is 0.125. The van der Waals surface area contributed by atoms with Crippen LogP contribution in [0.2, 0.25) is 10.0 Å². The molecule has 1 amide bonds. The molecule has 0 bridgehead atoms. The van der Waals surface area contributed by atoms with Crippen LogP contribution >= 0.6 is 34.8 Å². The van der Waals surface area contributed by atoms with E-state index in [1.54, 1.807) is 0 Å². The van der Waals surface area contributed by atoms with E-state index in [2.05, 4.69) is 10.5 Å². The number of carbonyl (C=O) groups excluding carboxylic acids is 1. The highest BCUT2D eigenvalue weighted by molar-refractivity contribution is 6.36. The minimum atomic E-state index is -0.757. The van der Waals surface area contributed by atoms with Crippen molar-refractivity contribution in [3.05, 3.63) is 51.4 Å². The zero-order valence-corrected chi connectivity index (χ0v) is 15.6. The summed E-state index contributed by atoms with van der Waals surface area (Å²) >= 11 is 17.3. The van der Waals surface area contributed by atoms with Crippen LogP contribution in [0.15, 0.2) is 29.8 Å². The van der Waals surface area contributed by atoms with Crippen LogP contribution in [0, 0.1) is 5.82 Å². The number of nitrogen functional groups attached to an aromatic ring is 1. The van der Waals surface area contributed by atoms with E-state index in [1.807, 2.05) is 0 Å². The Labute approximate surface area is 163 Å². The number of methoxy groups -OCH3 is 1. The van der Waals surface area contributed by atoms with Crippen molar-refractivity contribution in [2.75, 3.05) is 19.5 Å². The van der Waals surface area contributed by atoms with E-state index in [0.29, 0.717) is 0 Å². The van der Waals surface area contributed by atoms with Gasteiger partial charge in [0.05, 0.1) is 35.1 Å². The molecule has 0 fully saturated rings. The Balaban J connectivity index is 2.44. The van der Waals surface area contributed by atoms with Gasteiger partial charge in [0, 0.05) is 11.1 Å². The van der Waals surface area contributed by atoms with E-state index in [-0.39, 0.29) is 45.0 Å². The van der Waals surface area contributed by atoms with Crippen LogP contribution in [0.4, 0.5) is 10.1 Å². The highest BCUT2D eigenvalue weighted by Crippen LogP contribution is 2.36. The maximum Gasteiger partial charge on any atom is 0.295 e. The molecule has 0 aliphatic carbocycles. The molecule has 1 aromatic carbocycles. The molecule has 0 saturated carbocycles. The molecule has 2 rings (SSSR count). The van der Waals surface area contributed by atoms with Crippen LogP contribution in [-0.4, -0.2) is 24.6 Å². The summed E-state index contributed by atoms with van der Waals surface area (Å²) in [6.07, 6.45) is 1.46. The van der Waals surface area contributed by atoms with Crippen LogP contribution in [0.25, 0.3) is 11.3 Å². The summed E-state index contributed by atoms with van der Waals surface area (Å²) in [6, 6.07) is 4.16. The SMILES string of the molecule is COc1c(Cl)ccc(-c2cc(N)c(Cl)c(C(=O)NOC/C=C/Cl)n2)c1F. The first-order valence-corrected chi connectivity index (χ1v) is 8.25. The quantitative estimate of drug-likeness (QED) is 0.540. The normalized spacial score (nSPS) is 11.0. The van der Waals surface area contributed by atoms with Gasteiger partial charge >= 0.3 is 0 Å². The van der Waals surface area contributed by atoms with Gasteiger partial charge in [-0.2, -0.15) is 0 Å². The number of carbonyl (C=O) groups is 1. The van der Waals surface area contributed by atoms with Gasteiger partial charge in [-0.15, -0.1) is 0 Å². The summed E-state index contributed by atoms with van der Waals surface area (Å²) in [5.41, 5.74) is 9.10. The molecular weight excluding hydrogens is 408 g/mol. The molecule has 26 heavy (non-hydrogen) atoms. The molecule has 0 unspecified atom stereocenters. The van der Waals surface area contributed by atoms with Crippen LogP contribution in [0.3, 0.4) is 0 Å². The zero-order valence-electron chi connectivity index (χ0n) is 13.4. The van der Waals surface area contributed by atoms with E-state index in [1.165, 1.54) is 36.9 Å². The Morgan fingerprint density at radius 1 is 1.42 bits per heavy atom. The molecule has 138 valence electrons. The number of amides is 1. The molecule has 1 aromatic heterocycles. The molecular formula is C16H13Cl3FN3O3. The fourth-order valence-corrected chi connectivity index (χ4v) is 2.47. The highest BCUT2D eigenvalue weighted by atomic mass is 35.5. The number of hydrogen-bond acceptors (Lipinski definition) is 5. The molecule has 0 aliphatic rings. The van der Waals surface area contributed by atoms with Crippen LogP contribution in [0.1, 0.15) is 10.5 Å². The average Bonchev–Trinajstić information content (AvgIpc) is 2.61. The van der Waals surface area contributed by atoms with Crippen molar-refractivity contribution >= 4 is 46.4 Å². The summed E-state index contributed by atoms with van der Waals surface area (Å²) in [4.78, 5) is 21.2. The van der Waals surface area contributed by atoms with Gasteiger partial charge in [-0.3, -0.25) is 9.63 Å². The first-order chi connectivity index (χ1) is 12.4. The van der Waals surface area contributed by atoms with Crippen molar-refractivity contribution in [2.45, 2.75) is 0 Å². The molecule has 10 heteroatoms. The van der Waals surface area contributed by atoms with E-state index < -0.39 is 11.7 Å². The van der Waals surface area contributed by atoms with E-state index >= 15 is 0 Å². The number of rotatable bonds is 6. The summed E-state index contributed by atoms with van der Waals surface area (Å²) in [7, 11) is 1.28. The molecule has 2 aromatic rings. The van der Waals surface area contributed by atoms with Crippen molar-refractivity contribution < 1.29 is 18.8 Å². The number of halogens is 4. The van der Waals surface area contributed by atoms with Crippen molar-refractivity contribution in [1.29, 1.82) is 0 Å². The molecule has 0 saturated heterocycles. The second-order valence-corrected chi connectivity index (χ2v) is 5.84. The lowest BCUT2D eigenvalue weighted by atomic mass is 10.1. The fourth-order valence-electron chi connectivity index (χ4n) is 2.00. The molecule has 3 N–H and O–H groups in total. The Kier molecular flexibility index (Phi) is 7.05. The lowest BCUT2D eigenvalue weighted by Crippen LogP contribution is -2.25. The molecule has 0 atom stereocenters. The van der Waals surface area contributed by atoms with Gasteiger partial charge in [-0.05, 0) is 24.3 Å². The summed E-state index contributed by atoms with van der Waals surface area (Å²) < 4.78 is 19.5. The number of nitrogens with two attached hydrogens (primary N) is 1. The third kappa shape index (κ3) is 4.37.